The SMILES string of the molecule is CCS(=O)(=O)NCC(C)NCC(C)(C)N1CCCC1. The maximum atomic E-state index is 11.4. The predicted octanol–water partition coefficient (Wildman–Crippen LogP) is 0.778. The second kappa shape index (κ2) is 7.02. The maximum absolute atomic E-state index is 11.4. The highest BCUT2D eigenvalue weighted by Gasteiger charge is 2.28. The van der Waals surface area contributed by atoms with Gasteiger partial charge >= 0.3 is 0 Å². The number of sulfonamides is 1. The Morgan fingerprint density at radius 2 is 1.84 bits per heavy atom. The van der Waals surface area contributed by atoms with Crippen molar-refractivity contribution in [1.82, 2.24) is 14.9 Å². The topological polar surface area (TPSA) is 61.4 Å². The summed E-state index contributed by atoms with van der Waals surface area (Å²) in [6, 6.07) is 0.142. The standard InChI is InChI=1S/C13H29N3O2S/c1-5-19(17,18)15-10-12(2)14-11-13(3,4)16-8-6-7-9-16/h12,14-15H,5-11H2,1-4H3. The lowest BCUT2D eigenvalue weighted by atomic mass is 10.0. The molecule has 0 amide bonds. The van der Waals surface area contributed by atoms with E-state index in [1.165, 1.54) is 25.9 Å². The van der Waals surface area contributed by atoms with Gasteiger partial charge in [0.15, 0.2) is 0 Å². The molecule has 0 aromatic heterocycles. The van der Waals surface area contributed by atoms with Crippen molar-refractivity contribution in [2.75, 3.05) is 31.9 Å². The van der Waals surface area contributed by atoms with E-state index in [1.807, 2.05) is 6.92 Å². The van der Waals surface area contributed by atoms with Crippen LogP contribution in [0.3, 0.4) is 0 Å². The summed E-state index contributed by atoms with van der Waals surface area (Å²) >= 11 is 0. The predicted molar refractivity (Wildman–Crippen MR) is 79.8 cm³/mol. The molecule has 5 nitrogen and oxygen atoms in total. The van der Waals surface area contributed by atoms with Crippen LogP contribution in [0, 0.1) is 0 Å². The minimum absolute atomic E-state index is 0.133. The largest absolute Gasteiger partial charge is 0.311 e. The molecule has 0 aliphatic carbocycles. The van der Waals surface area contributed by atoms with Gasteiger partial charge < -0.3 is 5.32 Å². The van der Waals surface area contributed by atoms with Gasteiger partial charge in [0.2, 0.25) is 10.0 Å². The van der Waals surface area contributed by atoms with E-state index in [1.54, 1.807) is 6.92 Å². The molecule has 1 fully saturated rings. The minimum atomic E-state index is -3.08. The molecular weight excluding hydrogens is 262 g/mol. The number of hydrogen-bond acceptors (Lipinski definition) is 4. The van der Waals surface area contributed by atoms with Crippen LogP contribution in [0.25, 0.3) is 0 Å². The Bertz CT molecular complexity index is 362. The molecule has 1 atom stereocenters. The second-order valence-corrected chi connectivity index (χ2v) is 8.14. The Morgan fingerprint density at radius 1 is 1.26 bits per heavy atom. The summed E-state index contributed by atoms with van der Waals surface area (Å²) in [5.41, 5.74) is 0.133. The van der Waals surface area contributed by atoms with E-state index in [0.717, 1.165) is 6.54 Å². The molecule has 0 aromatic carbocycles. The Labute approximate surface area is 118 Å². The monoisotopic (exact) mass is 291 g/mol. The Morgan fingerprint density at radius 3 is 2.37 bits per heavy atom. The van der Waals surface area contributed by atoms with Crippen LogP contribution < -0.4 is 10.0 Å². The van der Waals surface area contributed by atoms with E-state index in [2.05, 4.69) is 28.8 Å². The Balaban J connectivity index is 2.31. The molecule has 0 aromatic rings. The molecule has 1 heterocycles. The van der Waals surface area contributed by atoms with Crippen LogP contribution in [0.2, 0.25) is 0 Å². The molecule has 114 valence electrons. The van der Waals surface area contributed by atoms with Crippen LogP contribution in [0.1, 0.15) is 40.5 Å². The van der Waals surface area contributed by atoms with Crippen LogP contribution in [-0.2, 0) is 10.0 Å². The summed E-state index contributed by atoms with van der Waals surface area (Å²) in [5.74, 6) is 0.138. The van der Waals surface area contributed by atoms with Crippen molar-refractivity contribution in [3.8, 4) is 0 Å². The number of likely N-dealkylation sites (tertiary alicyclic amines) is 1. The van der Waals surface area contributed by atoms with Crippen LogP contribution in [0.5, 0.6) is 0 Å². The highest BCUT2D eigenvalue weighted by atomic mass is 32.2. The molecular formula is C13H29N3O2S. The third kappa shape index (κ3) is 5.77. The van der Waals surface area contributed by atoms with Crippen molar-refractivity contribution in [2.45, 2.75) is 52.1 Å². The van der Waals surface area contributed by atoms with Crippen molar-refractivity contribution in [3.05, 3.63) is 0 Å². The summed E-state index contributed by atoms with van der Waals surface area (Å²) < 4.78 is 25.3. The lowest BCUT2D eigenvalue weighted by molar-refractivity contribution is 0.148. The maximum Gasteiger partial charge on any atom is 0.211 e. The van der Waals surface area contributed by atoms with Crippen LogP contribution >= 0.6 is 0 Å². The van der Waals surface area contributed by atoms with Gasteiger partial charge in [0.05, 0.1) is 5.75 Å². The minimum Gasteiger partial charge on any atom is -0.311 e. The lowest BCUT2D eigenvalue weighted by Gasteiger charge is -2.36. The average Bonchev–Trinajstić information content (AvgIpc) is 2.89. The molecule has 0 radical (unpaired) electrons. The number of nitrogens with one attached hydrogen (secondary N) is 2. The zero-order chi connectivity index (χ0) is 14.5. The number of hydrogen-bond donors (Lipinski definition) is 2. The fourth-order valence-electron chi connectivity index (χ4n) is 2.28. The van der Waals surface area contributed by atoms with Crippen LogP contribution in [0.4, 0.5) is 0 Å². The van der Waals surface area contributed by atoms with E-state index in [-0.39, 0.29) is 17.3 Å². The summed E-state index contributed by atoms with van der Waals surface area (Å²) in [7, 11) is -3.08. The summed E-state index contributed by atoms with van der Waals surface area (Å²) in [5, 5.41) is 3.43. The van der Waals surface area contributed by atoms with E-state index in [4.69, 9.17) is 0 Å². The highest BCUT2D eigenvalue weighted by molar-refractivity contribution is 7.89. The molecule has 1 unspecified atom stereocenters. The van der Waals surface area contributed by atoms with Crippen molar-refractivity contribution >= 4 is 10.0 Å². The van der Waals surface area contributed by atoms with Gasteiger partial charge in [-0.2, -0.15) is 0 Å². The molecule has 0 spiro atoms. The van der Waals surface area contributed by atoms with Crippen LogP contribution in [0.15, 0.2) is 0 Å². The van der Waals surface area contributed by atoms with Gasteiger partial charge in [-0.15, -0.1) is 0 Å². The molecule has 19 heavy (non-hydrogen) atoms. The summed E-state index contributed by atoms with van der Waals surface area (Å²) in [6.07, 6.45) is 2.57. The van der Waals surface area contributed by atoms with Crippen molar-refractivity contribution < 1.29 is 8.42 Å². The quantitative estimate of drug-likeness (QED) is 0.694. The number of rotatable bonds is 8. The zero-order valence-electron chi connectivity index (χ0n) is 12.7. The molecule has 0 bridgehead atoms. The van der Waals surface area contributed by atoms with Gasteiger partial charge in [-0.05, 0) is 53.6 Å². The fourth-order valence-corrected chi connectivity index (χ4v) is 2.99. The first-order valence-electron chi connectivity index (χ1n) is 7.22. The fraction of sp³-hybridized carbons (Fsp3) is 1.00. The van der Waals surface area contributed by atoms with E-state index < -0.39 is 10.0 Å². The molecule has 1 rings (SSSR count). The van der Waals surface area contributed by atoms with Crippen molar-refractivity contribution in [3.63, 3.8) is 0 Å². The van der Waals surface area contributed by atoms with Gasteiger partial charge in [0, 0.05) is 24.7 Å². The highest BCUT2D eigenvalue weighted by Crippen LogP contribution is 2.20. The van der Waals surface area contributed by atoms with Gasteiger partial charge in [-0.25, -0.2) is 13.1 Å². The molecule has 6 heteroatoms. The third-order valence-corrected chi connectivity index (χ3v) is 5.20. The summed E-state index contributed by atoms with van der Waals surface area (Å²) in [4.78, 5) is 2.50. The lowest BCUT2D eigenvalue weighted by Crippen LogP contribution is -2.52. The van der Waals surface area contributed by atoms with Crippen molar-refractivity contribution in [2.24, 2.45) is 0 Å². The Kier molecular flexibility index (Phi) is 6.23. The first-order chi connectivity index (χ1) is 8.77. The van der Waals surface area contributed by atoms with Gasteiger partial charge in [-0.1, -0.05) is 0 Å². The first-order valence-corrected chi connectivity index (χ1v) is 8.88. The average molecular weight is 291 g/mol. The van der Waals surface area contributed by atoms with E-state index >= 15 is 0 Å². The Hall–Kier alpha value is -0.170. The third-order valence-electron chi connectivity index (χ3n) is 3.83. The second-order valence-electron chi connectivity index (χ2n) is 6.04. The zero-order valence-corrected chi connectivity index (χ0v) is 13.5. The van der Waals surface area contributed by atoms with E-state index in [0.29, 0.717) is 6.54 Å². The van der Waals surface area contributed by atoms with Gasteiger partial charge in [-0.3, -0.25) is 4.90 Å². The van der Waals surface area contributed by atoms with Crippen molar-refractivity contribution in [1.29, 1.82) is 0 Å². The molecule has 0 saturated carbocycles. The normalized spacial score (nSPS) is 19.8. The molecule has 1 aliphatic heterocycles. The smallest absolute Gasteiger partial charge is 0.211 e. The molecule has 1 saturated heterocycles. The van der Waals surface area contributed by atoms with Gasteiger partial charge in [0.25, 0.3) is 0 Å². The number of nitrogens with zero attached hydrogens (tertiary/aromatic N) is 1. The summed E-state index contributed by atoms with van der Waals surface area (Å²) in [6.45, 7) is 11.8. The van der Waals surface area contributed by atoms with Crippen LogP contribution in [-0.4, -0.2) is 56.8 Å². The van der Waals surface area contributed by atoms with E-state index in [9.17, 15) is 8.42 Å². The molecule has 1 aliphatic rings. The first kappa shape index (κ1) is 16.9. The molecule has 2 N–H and O–H groups in total. The van der Waals surface area contributed by atoms with Gasteiger partial charge in [0.1, 0.15) is 0 Å².